The summed E-state index contributed by atoms with van der Waals surface area (Å²) in [6, 6.07) is 4.11. The molecule has 5 heteroatoms. The van der Waals surface area contributed by atoms with Crippen molar-refractivity contribution in [3.05, 3.63) is 34.8 Å². The maximum absolute atomic E-state index is 5.52. The highest BCUT2D eigenvalue weighted by Crippen LogP contribution is 2.38. The predicted octanol–water partition coefficient (Wildman–Crippen LogP) is 2.60. The van der Waals surface area contributed by atoms with Crippen LogP contribution in [0, 0.1) is 0 Å². The highest BCUT2D eigenvalue weighted by molar-refractivity contribution is 9.10. The topological polar surface area (TPSA) is 33.7 Å². The van der Waals surface area contributed by atoms with Crippen molar-refractivity contribution >= 4 is 15.9 Å². The van der Waals surface area contributed by atoms with Gasteiger partial charge in [0.2, 0.25) is 0 Å². The molecule has 0 saturated carbocycles. The van der Waals surface area contributed by atoms with Crippen LogP contribution in [0.1, 0.15) is 11.6 Å². The van der Waals surface area contributed by atoms with Crippen molar-refractivity contribution in [2.24, 2.45) is 0 Å². The zero-order chi connectivity index (χ0) is 14.5. The van der Waals surface area contributed by atoms with Gasteiger partial charge in [0.05, 0.1) is 24.7 Å². The van der Waals surface area contributed by atoms with Crippen LogP contribution in [0.2, 0.25) is 0 Å². The van der Waals surface area contributed by atoms with Gasteiger partial charge in [-0.25, -0.2) is 0 Å². The Morgan fingerprint density at radius 1 is 1.25 bits per heavy atom. The number of piperazine rings is 1. The molecule has 1 aromatic rings. The highest BCUT2D eigenvalue weighted by Gasteiger charge is 2.23. The third-order valence-electron chi connectivity index (χ3n) is 3.59. The van der Waals surface area contributed by atoms with Crippen LogP contribution in [0.5, 0.6) is 11.5 Å². The van der Waals surface area contributed by atoms with Crippen LogP contribution in [-0.4, -0.2) is 45.3 Å². The van der Waals surface area contributed by atoms with E-state index in [4.69, 9.17) is 9.47 Å². The summed E-state index contributed by atoms with van der Waals surface area (Å²) in [5.74, 6) is 1.66. The molecule has 1 atom stereocenters. The number of methoxy groups -OCH3 is 2. The second-order valence-corrected chi connectivity index (χ2v) is 5.55. The molecule has 110 valence electrons. The predicted molar refractivity (Wildman–Crippen MR) is 84.6 cm³/mol. The van der Waals surface area contributed by atoms with Gasteiger partial charge in [-0.2, -0.15) is 0 Å². The zero-order valence-corrected chi connectivity index (χ0v) is 13.6. The molecular weight excluding hydrogens is 320 g/mol. The zero-order valence-electron chi connectivity index (χ0n) is 12.0. The molecule has 1 saturated heterocycles. The van der Waals surface area contributed by atoms with Crippen molar-refractivity contribution in [1.29, 1.82) is 0 Å². The van der Waals surface area contributed by atoms with E-state index < -0.39 is 0 Å². The van der Waals surface area contributed by atoms with Gasteiger partial charge in [-0.05, 0) is 28.1 Å². The Kier molecular flexibility index (Phi) is 5.46. The fraction of sp³-hybridized carbons (Fsp3) is 0.467. The molecule has 0 spiro atoms. The van der Waals surface area contributed by atoms with Crippen molar-refractivity contribution in [1.82, 2.24) is 10.2 Å². The molecule has 20 heavy (non-hydrogen) atoms. The van der Waals surface area contributed by atoms with Crippen molar-refractivity contribution < 1.29 is 9.47 Å². The van der Waals surface area contributed by atoms with Crippen molar-refractivity contribution in [2.75, 3.05) is 40.4 Å². The molecule has 0 aliphatic carbocycles. The van der Waals surface area contributed by atoms with Gasteiger partial charge in [0.25, 0.3) is 0 Å². The minimum absolute atomic E-state index is 0.133. The van der Waals surface area contributed by atoms with Crippen LogP contribution < -0.4 is 14.8 Å². The lowest BCUT2D eigenvalue weighted by Gasteiger charge is -2.34. The largest absolute Gasteiger partial charge is 0.496 e. The molecule has 0 aromatic heterocycles. The molecule has 1 aliphatic heterocycles. The number of nitrogens with one attached hydrogen (secondary N) is 1. The highest BCUT2D eigenvalue weighted by atomic mass is 79.9. The first-order valence-electron chi connectivity index (χ1n) is 6.70. The van der Waals surface area contributed by atoms with Gasteiger partial charge in [0, 0.05) is 31.7 Å². The Balaban J connectivity index is 2.38. The fourth-order valence-electron chi connectivity index (χ4n) is 2.55. The van der Waals surface area contributed by atoms with Crippen LogP contribution in [-0.2, 0) is 0 Å². The molecule has 1 heterocycles. The maximum Gasteiger partial charge on any atom is 0.133 e. The normalized spacial score (nSPS) is 17.6. The summed E-state index contributed by atoms with van der Waals surface area (Å²) in [7, 11) is 3.36. The SMILES string of the molecule is C=C[C@H](c1cc(OC)c(Br)cc1OC)N1CCNCC1. The molecule has 0 amide bonds. The number of hydrogen-bond donors (Lipinski definition) is 1. The summed E-state index contributed by atoms with van der Waals surface area (Å²) in [6.45, 7) is 7.99. The maximum atomic E-state index is 5.52. The lowest BCUT2D eigenvalue weighted by atomic mass is 10.0. The average Bonchev–Trinajstić information content (AvgIpc) is 2.50. The second kappa shape index (κ2) is 7.11. The van der Waals surface area contributed by atoms with Crippen LogP contribution in [0.3, 0.4) is 0 Å². The number of hydrogen-bond acceptors (Lipinski definition) is 4. The van der Waals surface area contributed by atoms with E-state index in [-0.39, 0.29) is 6.04 Å². The van der Waals surface area contributed by atoms with Crippen molar-refractivity contribution in [3.63, 3.8) is 0 Å². The van der Waals surface area contributed by atoms with Crippen LogP contribution in [0.4, 0.5) is 0 Å². The second-order valence-electron chi connectivity index (χ2n) is 4.70. The molecule has 2 rings (SSSR count). The minimum atomic E-state index is 0.133. The minimum Gasteiger partial charge on any atom is -0.496 e. The molecule has 4 nitrogen and oxygen atoms in total. The number of halogens is 1. The smallest absolute Gasteiger partial charge is 0.133 e. The first kappa shape index (κ1) is 15.4. The van der Waals surface area contributed by atoms with E-state index in [9.17, 15) is 0 Å². The first-order chi connectivity index (χ1) is 9.71. The van der Waals surface area contributed by atoms with Gasteiger partial charge in [-0.15, -0.1) is 6.58 Å². The Labute approximate surface area is 128 Å². The number of nitrogens with zero attached hydrogens (tertiary/aromatic N) is 1. The third kappa shape index (κ3) is 3.16. The van der Waals surface area contributed by atoms with E-state index in [1.54, 1.807) is 14.2 Å². The quantitative estimate of drug-likeness (QED) is 0.835. The van der Waals surface area contributed by atoms with E-state index in [0.29, 0.717) is 0 Å². The molecule has 1 aromatic carbocycles. The van der Waals surface area contributed by atoms with Crippen LogP contribution in [0.25, 0.3) is 0 Å². The van der Waals surface area contributed by atoms with Crippen molar-refractivity contribution in [3.8, 4) is 11.5 Å². The Bertz CT molecular complexity index is 473. The summed E-state index contributed by atoms with van der Waals surface area (Å²) in [5, 5.41) is 3.37. The number of ether oxygens (including phenoxy) is 2. The third-order valence-corrected chi connectivity index (χ3v) is 4.21. The molecule has 1 fully saturated rings. The average molecular weight is 341 g/mol. The molecule has 0 bridgehead atoms. The standard InChI is InChI=1S/C15H21BrN2O2/c1-4-13(18-7-5-17-6-8-18)11-9-15(20-3)12(16)10-14(11)19-2/h4,9-10,13,17H,1,5-8H2,2-3H3/t13-/m1/s1. The summed E-state index contributed by atoms with van der Waals surface area (Å²) in [5.41, 5.74) is 1.09. The van der Waals surface area contributed by atoms with Gasteiger partial charge in [0.1, 0.15) is 11.5 Å². The van der Waals surface area contributed by atoms with Crippen LogP contribution >= 0.6 is 15.9 Å². The van der Waals surface area contributed by atoms with E-state index in [2.05, 4.69) is 32.7 Å². The van der Waals surface area contributed by atoms with E-state index in [1.807, 2.05) is 18.2 Å². The Morgan fingerprint density at radius 2 is 1.90 bits per heavy atom. The van der Waals surface area contributed by atoms with Gasteiger partial charge in [-0.3, -0.25) is 4.90 Å². The van der Waals surface area contributed by atoms with Crippen molar-refractivity contribution in [2.45, 2.75) is 6.04 Å². The Hall–Kier alpha value is -1.04. The van der Waals surface area contributed by atoms with Gasteiger partial charge < -0.3 is 14.8 Å². The van der Waals surface area contributed by atoms with Gasteiger partial charge >= 0.3 is 0 Å². The molecule has 1 aliphatic rings. The fourth-order valence-corrected chi connectivity index (χ4v) is 3.03. The molecule has 0 unspecified atom stereocenters. The van der Waals surface area contributed by atoms with Gasteiger partial charge in [0.15, 0.2) is 0 Å². The van der Waals surface area contributed by atoms with E-state index >= 15 is 0 Å². The molecule has 0 radical (unpaired) electrons. The van der Waals surface area contributed by atoms with E-state index in [0.717, 1.165) is 47.7 Å². The van der Waals surface area contributed by atoms with Gasteiger partial charge in [-0.1, -0.05) is 6.08 Å². The summed E-state index contributed by atoms with van der Waals surface area (Å²) in [6.07, 6.45) is 1.97. The Morgan fingerprint density at radius 3 is 2.45 bits per heavy atom. The number of benzene rings is 1. The van der Waals surface area contributed by atoms with E-state index in [1.165, 1.54) is 0 Å². The van der Waals surface area contributed by atoms with Crippen LogP contribution in [0.15, 0.2) is 29.3 Å². The molecule has 1 N–H and O–H groups in total. The monoisotopic (exact) mass is 340 g/mol. The number of rotatable bonds is 5. The lowest BCUT2D eigenvalue weighted by molar-refractivity contribution is 0.200. The molecular formula is C15H21BrN2O2. The lowest BCUT2D eigenvalue weighted by Crippen LogP contribution is -2.44. The summed E-state index contributed by atoms with van der Waals surface area (Å²) in [4.78, 5) is 2.40. The first-order valence-corrected chi connectivity index (χ1v) is 7.49. The summed E-state index contributed by atoms with van der Waals surface area (Å²) >= 11 is 3.49. The summed E-state index contributed by atoms with van der Waals surface area (Å²) < 4.78 is 11.8.